The summed E-state index contributed by atoms with van der Waals surface area (Å²) in [5.74, 6) is 0.660. The molecule has 9 heteroatoms. The largest absolute Gasteiger partial charge is 0.355 e. The van der Waals surface area contributed by atoms with Crippen LogP contribution in [0.1, 0.15) is 43.4 Å². The number of pyridine rings is 1. The minimum absolute atomic E-state index is 0.144. The van der Waals surface area contributed by atoms with Crippen LogP contribution in [0.2, 0.25) is 0 Å². The van der Waals surface area contributed by atoms with Crippen LogP contribution in [0.4, 0.5) is 5.82 Å². The molecule has 0 spiro atoms. The second kappa shape index (κ2) is 9.98. The van der Waals surface area contributed by atoms with Crippen molar-refractivity contribution in [1.82, 2.24) is 14.4 Å². The molecule has 0 aromatic carbocycles. The predicted molar refractivity (Wildman–Crippen MR) is 130 cm³/mol. The molecule has 0 N–H and O–H groups in total. The number of carbonyl (C=O) groups excluding carboxylic acids is 1. The molecule has 1 aromatic rings. The molecule has 166 valence electrons. The van der Waals surface area contributed by atoms with Crippen LogP contribution in [0.15, 0.2) is 9.70 Å². The zero-order valence-electron chi connectivity index (χ0n) is 18.6. The van der Waals surface area contributed by atoms with Crippen LogP contribution in [-0.4, -0.2) is 64.4 Å². The Morgan fingerprint density at radius 2 is 1.87 bits per heavy atom. The molecule has 0 aliphatic carbocycles. The van der Waals surface area contributed by atoms with Gasteiger partial charge in [-0.1, -0.05) is 44.2 Å². The lowest BCUT2D eigenvalue weighted by atomic mass is 10.0. The Balaban J connectivity index is 2.22. The minimum Gasteiger partial charge on any atom is -0.355 e. The van der Waals surface area contributed by atoms with Crippen LogP contribution in [0, 0.1) is 18.3 Å². The van der Waals surface area contributed by atoms with Crippen molar-refractivity contribution < 1.29 is 4.79 Å². The van der Waals surface area contributed by atoms with Crippen LogP contribution < -0.4 is 10.5 Å². The van der Waals surface area contributed by atoms with Crippen molar-refractivity contribution in [3.05, 3.63) is 31.9 Å². The van der Waals surface area contributed by atoms with Gasteiger partial charge in [-0.2, -0.15) is 5.26 Å². The molecule has 3 heterocycles. The highest BCUT2D eigenvalue weighted by Gasteiger charge is 2.31. The first kappa shape index (κ1) is 23.5. The Morgan fingerprint density at radius 3 is 2.39 bits per heavy atom. The number of unbranched alkanes of at least 4 members (excludes halogenated alkanes) is 1. The fourth-order valence-electron chi connectivity index (χ4n) is 3.96. The number of anilines is 1. The van der Waals surface area contributed by atoms with Crippen LogP contribution >= 0.6 is 24.0 Å². The molecule has 1 amide bonds. The first-order valence-corrected chi connectivity index (χ1v) is 11.9. The van der Waals surface area contributed by atoms with Gasteiger partial charge in [0.25, 0.3) is 11.5 Å². The van der Waals surface area contributed by atoms with Crippen LogP contribution in [0.3, 0.4) is 0 Å². The number of thiocarbonyl (C=S) groups is 1. The summed E-state index contributed by atoms with van der Waals surface area (Å²) in [6.45, 7) is 11.0. The molecule has 0 atom stereocenters. The maximum Gasteiger partial charge on any atom is 0.270 e. The molecule has 3 rings (SSSR count). The van der Waals surface area contributed by atoms with E-state index in [-0.39, 0.29) is 17.0 Å². The topological polar surface area (TPSA) is 72.6 Å². The summed E-state index contributed by atoms with van der Waals surface area (Å²) in [6, 6.07) is 2.10. The van der Waals surface area contributed by atoms with Crippen LogP contribution in [0.25, 0.3) is 6.08 Å². The molecule has 0 radical (unpaired) electrons. The standard InChI is InChI=1S/C22H29N5O2S2/c1-5-7-8-27-19(26-11-9-25(6-2)10-12-26)16(15(3)17(14-23)20(27)28)13-18-21(29)24(4)22(30)31-18/h13H,5-12H2,1-4H3/b18-13-. The number of likely N-dealkylation sites (N-methyl/N-ethyl adjacent to an activating group) is 2. The quantitative estimate of drug-likeness (QED) is 0.478. The van der Waals surface area contributed by atoms with Gasteiger partial charge in [-0.3, -0.25) is 19.1 Å². The van der Waals surface area contributed by atoms with Gasteiger partial charge in [-0.15, -0.1) is 0 Å². The Hall–Kier alpha value is -2.15. The maximum absolute atomic E-state index is 13.3. The van der Waals surface area contributed by atoms with Crippen molar-refractivity contribution in [3.63, 3.8) is 0 Å². The Kier molecular flexibility index (Phi) is 7.57. The predicted octanol–water partition coefficient (Wildman–Crippen LogP) is 2.80. The summed E-state index contributed by atoms with van der Waals surface area (Å²) >= 11 is 6.54. The van der Waals surface area contributed by atoms with Crippen molar-refractivity contribution in [2.45, 2.75) is 40.2 Å². The molecule has 0 saturated carbocycles. The highest BCUT2D eigenvalue weighted by atomic mass is 32.2. The van der Waals surface area contributed by atoms with E-state index in [1.807, 2.05) is 6.08 Å². The van der Waals surface area contributed by atoms with Gasteiger partial charge in [0.15, 0.2) is 0 Å². The molecule has 2 fully saturated rings. The highest BCUT2D eigenvalue weighted by molar-refractivity contribution is 8.26. The van der Waals surface area contributed by atoms with Gasteiger partial charge >= 0.3 is 0 Å². The number of carbonyl (C=O) groups is 1. The Labute approximate surface area is 193 Å². The molecule has 2 aliphatic heterocycles. The molecular formula is C22H29N5O2S2. The van der Waals surface area contributed by atoms with Gasteiger partial charge in [0, 0.05) is 45.3 Å². The fraction of sp³-hybridized carbons (Fsp3) is 0.545. The summed E-state index contributed by atoms with van der Waals surface area (Å²) in [7, 11) is 1.67. The molecule has 0 unspecified atom stereocenters. The normalized spacial score (nSPS) is 18.9. The van der Waals surface area contributed by atoms with Crippen LogP contribution in [-0.2, 0) is 11.3 Å². The van der Waals surface area contributed by atoms with E-state index < -0.39 is 0 Å². The number of amides is 1. The van der Waals surface area contributed by atoms with Gasteiger partial charge < -0.3 is 9.80 Å². The lowest BCUT2D eigenvalue weighted by Gasteiger charge is -2.37. The summed E-state index contributed by atoms with van der Waals surface area (Å²) in [5.41, 5.74) is 1.28. The van der Waals surface area contributed by atoms with E-state index in [4.69, 9.17) is 12.2 Å². The number of nitrogens with zero attached hydrogens (tertiary/aromatic N) is 5. The van der Waals surface area contributed by atoms with Crippen molar-refractivity contribution >= 4 is 46.1 Å². The first-order valence-electron chi connectivity index (χ1n) is 10.7. The summed E-state index contributed by atoms with van der Waals surface area (Å²) in [5, 5.41) is 9.73. The van der Waals surface area contributed by atoms with Crippen molar-refractivity contribution in [2.24, 2.45) is 0 Å². The van der Waals surface area contributed by atoms with Gasteiger partial charge in [0.05, 0.1) is 4.91 Å². The smallest absolute Gasteiger partial charge is 0.270 e. The lowest BCUT2D eigenvalue weighted by Crippen LogP contribution is -2.48. The number of thioether (sulfide) groups is 1. The summed E-state index contributed by atoms with van der Waals surface area (Å²) < 4.78 is 2.25. The SMILES string of the molecule is CCCCn1c(N2CCN(CC)CC2)c(/C=C2\SC(=S)N(C)C2=O)c(C)c(C#N)c1=O. The number of hydrogen-bond donors (Lipinski definition) is 0. The number of piperazine rings is 1. The number of aromatic nitrogens is 1. The van der Waals surface area contributed by atoms with E-state index in [0.717, 1.165) is 56.9 Å². The Morgan fingerprint density at radius 1 is 1.19 bits per heavy atom. The van der Waals surface area contributed by atoms with Crippen molar-refractivity contribution in [2.75, 3.05) is 44.7 Å². The van der Waals surface area contributed by atoms with E-state index in [2.05, 4.69) is 29.7 Å². The van der Waals surface area contributed by atoms with Crippen LogP contribution in [0.5, 0.6) is 0 Å². The fourth-order valence-corrected chi connectivity index (χ4v) is 5.12. The second-order valence-corrected chi connectivity index (χ2v) is 9.50. The van der Waals surface area contributed by atoms with E-state index >= 15 is 0 Å². The minimum atomic E-state index is -0.249. The molecule has 2 aliphatic rings. The van der Waals surface area contributed by atoms with E-state index in [1.165, 1.54) is 16.7 Å². The maximum atomic E-state index is 13.3. The first-order chi connectivity index (χ1) is 14.8. The molecular weight excluding hydrogens is 430 g/mol. The Bertz CT molecular complexity index is 1020. The zero-order valence-corrected chi connectivity index (χ0v) is 20.2. The molecule has 0 bridgehead atoms. The van der Waals surface area contributed by atoms with Crippen molar-refractivity contribution in [3.8, 4) is 6.07 Å². The third-order valence-corrected chi connectivity index (χ3v) is 7.45. The monoisotopic (exact) mass is 459 g/mol. The van der Waals surface area contributed by atoms with Gasteiger partial charge in [-0.25, -0.2) is 0 Å². The second-order valence-electron chi connectivity index (χ2n) is 7.82. The molecule has 31 heavy (non-hydrogen) atoms. The van der Waals surface area contributed by atoms with Crippen molar-refractivity contribution in [1.29, 1.82) is 5.26 Å². The third-order valence-electron chi connectivity index (χ3n) is 5.96. The number of rotatable bonds is 6. The average molecular weight is 460 g/mol. The molecule has 2 saturated heterocycles. The van der Waals surface area contributed by atoms with Gasteiger partial charge in [-0.05, 0) is 31.5 Å². The van der Waals surface area contributed by atoms with E-state index in [9.17, 15) is 14.9 Å². The average Bonchev–Trinajstić information content (AvgIpc) is 3.01. The van der Waals surface area contributed by atoms with Gasteiger partial charge in [0.2, 0.25) is 0 Å². The third kappa shape index (κ3) is 4.56. The van der Waals surface area contributed by atoms with E-state index in [0.29, 0.717) is 21.3 Å². The zero-order chi connectivity index (χ0) is 22.7. The number of hydrogen-bond acceptors (Lipinski definition) is 7. The number of nitriles is 1. The summed E-state index contributed by atoms with van der Waals surface area (Å²) in [6.07, 6.45) is 3.60. The van der Waals surface area contributed by atoms with E-state index in [1.54, 1.807) is 18.5 Å². The lowest BCUT2D eigenvalue weighted by molar-refractivity contribution is -0.121. The highest BCUT2D eigenvalue weighted by Crippen LogP contribution is 2.35. The van der Waals surface area contributed by atoms with Gasteiger partial charge in [0.1, 0.15) is 21.8 Å². The summed E-state index contributed by atoms with van der Waals surface area (Å²) in [4.78, 5) is 32.5. The molecule has 1 aromatic heterocycles. The molecule has 7 nitrogen and oxygen atoms in total.